The van der Waals surface area contributed by atoms with Crippen molar-refractivity contribution in [1.82, 2.24) is 30.0 Å². The predicted molar refractivity (Wildman–Crippen MR) is 97.0 cm³/mol. The third kappa shape index (κ3) is 4.90. The Bertz CT molecular complexity index is 696. The number of piperazine rings is 1. The molecule has 2 aromatic rings. The summed E-state index contributed by atoms with van der Waals surface area (Å²) in [7, 11) is 0. The largest absolute Gasteiger partial charge is 0.339 e. The van der Waals surface area contributed by atoms with Crippen LogP contribution in [0.25, 0.3) is 0 Å². The highest BCUT2D eigenvalue weighted by Crippen LogP contribution is 2.15. The van der Waals surface area contributed by atoms with Gasteiger partial charge in [0.25, 0.3) is 0 Å². The van der Waals surface area contributed by atoms with Crippen molar-refractivity contribution in [2.45, 2.75) is 18.2 Å². The van der Waals surface area contributed by atoms with Crippen molar-refractivity contribution in [2.75, 3.05) is 31.9 Å². The molecule has 0 radical (unpaired) electrons. The van der Waals surface area contributed by atoms with E-state index >= 15 is 0 Å². The fourth-order valence-corrected chi connectivity index (χ4v) is 3.54. The second kappa shape index (κ2) is 8.77. The van der Waals surface area contributed by atoms with Crippen molar-refractivity contribution in [3.8, 4) is 0 Å². The van der Waals surface area contributed by atoms with Gasteiger partial charge in [-0.25, -0.2) is 4.68 Å². The Kier molecular flexibility index (Phi) is 6.19. The Morgan fingerprint density at radius 2 is 1.96 bits per heavy atom. The minimum Gasteiger partial charge on any atom is -0.339 e. The van der Waals surface area contributed by atoms with Gasteiger partial charge in [-0.3, -0.25) is 9.69 Å². The van der Waals surface area contributed by atoms with Gasteiger partial charge in [-0.05, 0) is 16.0 Å². The molecular formula is C17H22N6OS. The molecule has 132 valence electrons. The van der Waals surface area contributed by atoms with Crippen LogP contribution in [0.1, 0.15) is 5.56 Å². The Labute approximate surface area is 151 Å². The van der Waals surface area contributed by atoms with Gasteiger partial charge in [-0.15, -0.1) is 11.7 Å². The van der Waals surface area contributed by atoms with E-state index in [1.165, 1.54) is 17.3 Å². The van der Waals surface area contributed by atoms with Crippen LogP contribution < -0.4 is 0 Å². The molecule has 25 heavy (non-hydrogen) atoms. The summed E-state index contributed by atoms with van der Waals surface area (Å²) in [5, 5.41) is 12.1. The molecule has 0 atom stereocenters. The predicted octanol–water partition coefficient (Wildman–Crippen LogP) is 1.30. The average Bonchev–Trinajstić information content (AvgIpc) is 3.09. The first-order valence-electron chi connectivity index (χ1n) is 8.30. The van der Waals surface area contributed by atoms with Gasteiger partial charge in [0.15, 0.2) is 0 Å². The molecule has 1 aromatic carbocycles. The minimum atomic E-state index is 0.137. The number of aromatic nitrogens is 4. The van der Waals surface area contributed by atoms with Crippen LogP contribution in [-0.4, -0.2) is 67.8 Å². The molecular weight excluding hydrogens is 336 g/mol. The Morgan fingerprint density at radius 3 is 2.68 bits per heavy atom. The zero-order valence-electron chi connectivity index (χ0n) is 14.1. The highest BCUT2D eigenvalue weighted by Gasteiger charge is 2.21. The maximum atomic E-state index is 12.4. The maximum Gasteiger partial charge on any atom is 0.233 e. The van der Waals surface area contributed by atoms with E-state index in [0.717, 1.165) is 32.7 Å². The number of hydrogen-bond donors (Lipinski definition) is 0. The van der Waals surface area contributed by atoms with Gasteiger partial charge in [0.05, 0.1) is 12.3 Å². The van der Waals surface area contributed by atoms with Crippen molar-refractivity contribution < 1.29 is 4.79 Å². The van der Waals surface area contributed by atoms with Gasteiger partial charge in [-0.2, -0.15) is 0 Å². The average molecular weight is 358 g/mol. The van der Waals surface area contributed by atoms with Gasteiger partial charge in [0.1, 0.15) is 0 Å². The van der Waals surface area contributed by atoms with Crippen LogP contribution in [0, 0.1) is 0 Å². The molecule has 3 rings (SSSR count). The number of amides is 1. The topological polar surface area (TPSA) is 67.2 Å². The second-order valence-electron chi connectivity index (χ2n) is 5.86. The van der Waals surface area contributed by atoms with Gasteiger partial charge in [0, 0.05) is 32.7 Å². The van der Waals surface area contributed by atoms with Crippen LogP contribution in [-0.2, 0) is 17.9 Å². The number of rotatable bonds is 7. The Hall–Kier alpha value is -2.19. The number of carbonyl (C=O) groups is 1. The smallest absolute Gasteiger partial charge is 0.233 e. The lowest BCUT2D eigenvalue weighted by molar-refractivity contribution is -0.130. The van der Waals surface area contributed by atoms with Gasteiger partial charge < -0.3 is 4.90 Å². The van der Waals surface area contributed by atoms with Crippen LogP contribution in [0.2, 0.25) is 0 Å². The third-order valence-corrected chi connectivity index (χ3v) is 5.04. The van der Waals surface area contributed by atoms with Crippen LogP contribution >= 0.6 is 11.8 Å². The molecule has 7 nitrogen and oxygen atoms in total. The van der Waals surface area contributed by atoms with Crippen LogP contribution in [0.15, 0.2) is 48.1 Å². The Balaban J connectivity index is 1.43. The van der Waals surface area contributed by atoms with Crippen LogP contribution in [0.4, 0.5) is 0 Å². The molecule has 1 aromatic heterocycles. The summed E-state index contributed by atoms with van der Waals surface area (Å²) in [6.45, 7) is 8.50. The van der Waals surface area contributed by atoms with Crippen LogP contribution in [0.5, 0.6) is 0 Å². The fraction of sp³-hybridized carbons (Fsp3) is 0.412. The van der Waals surface area contributed by atoms with E-state index in [4.69, 9.17) is 0 Å². The van der Waals surface area contributed by atoms with E-state index in [2.05, 4.69) is 51.3 Å². The van der Waals surface area contributed by atoms with Crippen molar-refractivity contribution >= 4 is 17.7 Å². The number of carbonyl (C=O) groups excluding carboxylic acids is 1. The van der Waals surface area contributed by atoms with E-state index in [0.29, 0.717) is 17.5 Å². The van der Waals surface area contributed by atoms with E-state index in [1.54, 1.807) is 10.8 Å². The molecule has 2 heterocycles. The summed E-state index contributed by atoms with van der Waals surface area (Å²) >= 11 is 1.37. The van der Waals surface area contributed by atoms with Gasteiger partial charge >= 0.3 is 0 Å². The molecule has 1 amide bonds. The molecule has 1 aliphatic heterocycles. The van der Waals surface area contributed by atoms with Crippen molar-refractivity contribution in [2.24, 2.45) is 0 Å². The highest BCUT2D eigenvalue weighted by molar-refractivity contribution is 7.99. The SMILES string of the molecule is C=CCn1nnnc1SCC(=O)N1CCN(Cc2ccccc2)CC1. The third-order valence-electron chi connectivity index (χ3n) is 4.10. The standard InChI is InChI=1S/C17H22N6OS/c1-2-8-23-17(18-19-20-23)25-14-16(24)22-11-9-21(10-12-22)13-15-6-4-3-5-7-15/h2-7H,1,8-14H2. The zero-order valence-corrected chi connectivity index (χ0v) is 14.9. The number of thioether (sulfide) groups is 1. The lowest BCUT2D eigenvalue weighted by Crippen LogP contribution is -2.48. The van der Waals surface area contributed by atoms with E-state index in [1.807, 2.05) is 11.0 Å². The summed E-state index contributed by atoms with van der Waals surface area (Å²) in [5.41, 5.74) is 1.31. The maximum absolute atomic E-state index is 12.4. The molecule has 0 N–H and O–H groups in total. The number of allylic oxidation sites excluding steroid dienone is 1. The van der Waals surface area contributed by atoms with Crippen molar-refractivity contribution in [3.63, 3.8) is 0 Å². The Morgan fingerprint density at radius 1 is 1.20 bits per heavy atom. The van der Waals surface area contributed by atoms with Crippen molar-refractivity contribution in [3.05, 3.63) is 48.6 Å². The molecule has 0 saturated carbocycles. The second-order valence-corrected chi connectivity index (χ2v) is 6.81. The van der Waals surface area contributed by atoms with E-state index < -0.39 is 0 Å². The lowest BCUT2D eigenvalue weighted by Gasteiger charge is -2.34. The first kappa shape index (κ1) is 17.6. The molecule has 0 spiro atoms. The molecule has 1 saturated heterocycles. The number of nitrogens with zero attached hydrogens (tertiary/aromatic N) is 6. The molecule has 0 unspecified atom stereocenters. The lowest BCUT2D eigenvalue weighted by atomic mass is 10.2. The molecule has 0 aliphatic carbocycles. The monoisotopic (exact) mass is 358 g/mol. The number of hydrogen-bond acceptors (Lipinski definition) is 6. The van der Waals surface area contributed by atoms with Gasteiger partial charge in [-0.1, -0.05) is 48.2 Å². The first-order chi connectivity index (χ1) is 12.3. The summed E-state index contributed by atoms with van der Waals surface area (Å²) in [5.74, 6) is 0.494. The summed E-state index contributed by atoms with van der Waals surface area (Å²) in [6, 6.07) is 10.4. The summed E-state index contributed by atoms with van der Waals surface area (Å²) in [4.78, 5) is 16.7. The number of benzene rings is 1. The van der Waals surface area contributed by atoms with E-state index in [9.17, 15) is 4.79 Å². The summed E-state index contributed by atoms with van der Waals surface area (Å²) < 4.78 is 1.64. The van der Waals surface area contributed by atoms with Gasteiger partial charge in [0.2, 0.25) is 11.1 Å². The quantitative estimate of drug-likeness (QED) is 0.549. The highest BCUT2D eigenvalue weighted by atomic mass is 32.2. The minimum absolute atomic E-state index is 0.137. The molecule has 8 heteroatoms. The first-order valence-corrected chi connectivity index (χ1v) is 9.28. The molecule has 1 aliphatic rings. The molecule has 1 fully saturated rings. The number of tetrazole rings is 1. The van der Waals surface area contributed by atoms with Crippen molar-refractivity contribution in [1.29, 1.82) is 0 Å². The molecule has 0 bridgehead atoms. The summed E-state index contributed by atoms with van der Waals surface area (Å²) in [6.07, 6.45) is 1.73. The fourth-order valence-electron chi connectivity index (χ4n) is 2.75. The zero-order chi connectivity index (χ0) is 17.5. The normalized spacial score (nSPS) is 15.3. The van der Waals surface area contributed by atoms with Crippen LogP contribution in [0.3, 0.4) is 0 Å². The van der Waals surface area contributed by atoms with E-state index in [-0.39, 0.29) is 5.91 Å².